The van der Waals surface area contributed by atoms with Crippen LogP contribution in [0, 0.1) is 0 Å². The Morgan fingerprint density at radius 3 is 2.25 bits per heavy atom. The highest BCUT2D eigenvalue weighted by atomic mass is 16.5. The first-order chi connectivity index (χ1) is 25.4. The summed E-state index contributed by atoms with van der Waals surface area (Å²) in [5, 5.41) is 25.3. The van der Waals surface area contributed by atoms with Crippen LogP contribution in [0.25, 0.3) is 22.3 Å². The Morgan fingerprint density at radius 1 is 0.750 bits per heavy atom. The molecule has 8 rings (SSSR count). The highest BCUT2D eigenvalue weighted by Crippen LogP contribution is 2.42. The van der Waals surface area contributed by atoms with E-state index in [0.717, 1.165) is 5.56 Å². The lowest BCUT2D eigenvalue weighted by Gasteiger charge is -2.20. The minimum Gasteiger partial charge on any atom is -0.493 e. The van der Waals surface area contributed by atoms with E-state index >= 15 is 0 Å². The van der Waals surface area contributed by atoms with Gasteiger partial charge in [0.25, 0.3) is 12.0 Å². The van der Waals surface area contributed by atoms with E-state index in [1.54, 1.807) is 23.8 Å². The number of nitrogen functional groups attached to an aromatic ring is 1. The molecule has 0 atom stereocenters. The number of ether oxygens (including phenoxy) is 6. The van der Waals surface area contributed by atoms with Gasteiger partial charge in [0.2, 0.25) is 0 Å². The summed E-state index contributed by atoms with van der Waals surface area (Å²) < 4.78 is 38.4. The molecule has 0 unspecified atom stereocenters. The molecule has 18 nitrogen and oxygen atoms in total. The second-order valence-electron chi connectivity index (χ2n) is 11.8. The number of hydrogen-bond acceptors (Lipinski definition) is 16. The Hall–Kier alpha value is -6.72. The van der Waals surface area contributed by atoms with Crippen molar-refractivity contribution in [2.24, 2.45) is 0 Å². The monoisotopic (exact) mass is 710 g/mol. The van der Waals surface area contributed by atoms with E-state index in [9.17, 15) is 10.2 Å². The van der Waals surface area contributed by atoms with Gasteiger partial charge in [-0.05, 0) is 48.8 Å². The van der Waals surface area contributed by atoms with Crippen molar-refractivity contribution < 1.29 is 38.6 Å². The number of imidazole rings is 2. The number of nitrogens with two attached hydrogens (primary N) is 1. The van der Waals surface area contributed by atoms with Crippen LogP contribution in [0.2, 0.25) is 0 Å². The van der Waals surface area contributed by atoms with Crippen LogP contribution in [0.15, 0.2) is 42.5 Å². The summed E-state index contributed by atoms with van der Waals surface area (Å²) in [6, 6.07) is 8.69. The van der Waals surface area contributed by atoms with Gasteiger partial charge >= 0.3 is 12.0 Å². The van der Waals surface area contributed by atoms with Crippen LogP contribution < -0.4 is 39.5 Å². The van der Waals surface area contributed by atoms with Gasteiger partial charge in [0.05, 0.1) is 46.2 Å². The zero-order valence-electron chi connectivity index (χ0n) is 28.2. The van der Waals surface area contributed by atoms with Crippen LogP contribution in [0.5, 0.6) is 47.0 Å². The maximum atomic E-state index is 11.1. The number of rotatable bonds is 4. The molecule has 2 aromatic carbocycles. The number of nitrogens with one attached hydrogen (secondary N) is 1. The van der Waals surface area contributed by atoms with Gasteiger partial charge in [0.1, 0.15) is 13.2 Å². The third-order valence-electron chi connectivity index (χ3n) is 8.51. The molecule has 0 saturated heterocycles. The van der Waals surface area contributed by atoms with Crippen LogP contribution in [0.3, 0.4) is 0 Å². The first-order valence-electron chi connectivity index (χ1n) is 16.4. The van der Waals surface area contributed by atoms with Crippen molar-refractivity contribution in [1.29, 1.82) is 0 Å². The van der Waals surface area contributed by atoms with E-state index in [1.807, 2.05) is 30.3 Å². The average Bonchev–Trinajstić information content (AvgIpc) is 3.63. The summed E-state index contributed by atoms with van der Waals surface area (Å²) in [7, 11) is 3.11. The zero-order valence-corrected chi connectivity index (χ0v) is 28.2. The summed E-state index contributed by atoms with van der Waals surface area (Å²) in [4.78, 5) is 26.6. The standard InChI is InChI=1S/C34H34N10O8/c1-47-21-10-7-18-15-22(21)49-11-3-5-14-52-32-40-28(24-30(42-32)43(16-18)34(46)38-24)36-20-9-8-19-17-44-29-23(37-33(44)45)27(35)39-31(41-29)51-13-6-4-12-50-26(20)25(19)48-2/h3,5,7-10,15H,4,6,11-14,16-17H2,1-2H3,(H,37,45)(H,38,46)(H2,35,39,41)(H,36,40,42)/b5-3-. The summed E-state index contributed by atoms with van der Waals surface area (Å²) in [6.07, 6.45) is 4.87. The lowest BCUT2D eigenvalue weighted by Crippen LogP contribution is -2.11. The van der Waals surface area contributed by atoms with Gasteiger partial charge in [0.15, 0.2) is 57.0 Å². The molecule has 8 bridgehead atoms. The van der Waals surface area contributed by atoms with Crippen LogP contribution in [0.4, 0.5) is 17.3 Å². The normalized spacial score (nSPS) is 15.1. The first kappa shape index (κ1) is 32.5. The number of hydrogen-bond donors (Lipinski definition) is 4. The number of fused-ring (bicyclic) bond motifs is 6. The van der Waals surface area contributed by atoms with Crippen LogP contribution in [0.1, 0.15) is 24.0 Å². The largest absolute Gasteiger partial charge is 0.493 e. The van der Waals surface area contributed by atoms with Crippen molar-refractivity contribution in [1.82, 2.24) is 39.0 Å². The fourth-order valence-corrected chi connectivity index (χ4v) is 6.01. The Kier molecular flexibility index (Phi) is 8.46. The second-order valence-corrected chi connectivity index (χ2v) is 11.8. The van der Waals surface area contributed by atoms with Gasteiger partial charge in [0, 0.05) is 5.56 Å². The molecule has 2 aliphatic heterocycles. The third-order valence-corrected chi connectivity index (χ3v) is 8.51. The SMILES string of the molecule is COc1ccc2cc1OC/C=C\COc1nc(Nc3ccc4c(OC)c3OCCCCOc3nc(N)c5nc(O)n(c5n3)C4)c3nc(O)n(c3n1)C2. The summed E-state index contributed by atoms with van der Waals surface area (Å²) >= 11 is 0. The molecule has 2 aliphatic rings. The zero-order chi connectivity index (χ0) is 35.8. The fourth-order valence-electron chi connectivity index (χ4n) is 6.01. The summed E-state index contributed by atoms with van der Waals surface area (Å²) in [6.45, 7) is 1.36. The fraction of sp³-hybridized carbons (Fsp3) is 0.294. The summed E-state index contributed by atoms with van der Waals surface area (Å²) in [5.41, 5.74) is 9.25. The third kappa shape index (κ3) is 6.03. The van der Waals surface area contributed by atoms with Crippen molar-refractivity contribution in [3.63, 3.8) is 0 Å². The predicted octanol–water partition coefficient (Wildman–Crippen LogP) is 3.70. The smallest absolute Gasteiger partial charge is 0.320 e. The Bertz CT molecular complexity index is 2340. The molecule has 6 heterocycles. The van der Waals surface area contributed by atoms with Crippen molar-refractivity contribution >= 4 is 39.7 Å². The quantitative estimate of drug-likeness (QED) is 0.192. The van der Waals surface area contributed by atoms with Gasteiger partial charge in [-0.25, -0.2) is 0 Å². The van der Waals surface area contributed by atoms with E-state index in [1.165, 1.54) is 11.7 Å². The van der Waals surface area contributed by atoms with Crippen LogP contribution in [-0.4, -0.2) is 89.9 Å². The van der Waals surface area contributed by atoms with E-state index < -0.39 is 0 Å². The molecule has 4 aromatic heterocycles. The summed E-state index contributed by atoms with van der Waals surface area (Å²) in [5.74, 6) is 2.25. The van der Waals surface area contributed by atoms with Crippen molar-refractivity contribution in [2.75, 3.05) is 51.7 Å². The highest BCUT2D eigenvalue weighted by Gasteiger charge is 2.25. The van der Waals surface area contributed by atoms with Gasteiger partial charge in [-0.3, -0.25) is 9.13 Å². The molecule has 0 fully saturated rings. The molecule has 0 aliphatic carbocycles. The molecule has 5 N–H and O–H groups in total. The number of methoxy groups -OCH3 is 2. The van der Waals surface area contributed by atoms with Crippen molar-refractivity contribution in [3.8, 4) is 47.0 Å². The van der Waals surface area contributed by atoms with Gasteiger partial charge < -0.3 is 49.7 Å². The average molecular weight is 711 g/mol. The van der Waals surface area contributed by atoms with Gasteiger partial charge in [-0.2, -0.15) is 29.9 Å². The van der Waals surface area contributed by atoms with Crippen molar-refractivity contribution in [3.05, 3.63) is 53.6 Å². The minimum atomic E-state index is -0.308. The molecular formula is C34H34N10O8. The lowest BCUT2D eigenvalue weighted by atomic mass is 10.1. The number of nitrogens with zero attached hydrogens (tertiary/aromatic N) is 8. The Balaban J connectivity index is 1.22. The number of aromatic hydroxyl groups is 2. The van der Waals surface area contributed by atoms with Gasteiger partial charge in [-0.1, -0.05) is 12.1 Å². The molecule has 52 heavy (non-hydrogen) atoms. The van der Waals surface area contributed by atoms with Crippen LogP contribution in [-0.2, 0) is 13.1 Å². The molecule has 268 valence electrons. The number of benzene rings is 2. The number of aromatic nitrogens is 8. The topological polar surface area (TPSA) is 221 Å². The Morgan fingerprint density at radius 2 is 1.46 bits per heavy atom. The molecule has 0 saturated carbocycles. The molecule has 0 spiro atoms. The molecule has 0 radical (unpaired) electrons. The molecular weight excluding hydrogens is 676 g/mol. The van der Waals surface area contributed by atoms with Crippen molar-refractivity contribution in [2.45, 2.75) is 25.9 Å². The predicted molar refractivity (Wildman–Crippen MR) is 186 cm³/mol. The first-order valence-corrected chi connectivity index (χ1v) is 16.4. The van der Waals surface area contributed by atoms with E-state index in [2.05, 4.69) is 35.2 Å². The molecule has 6 aromatic rings. The Labute approximate surface area is 295 Å². The second kappa shape index (κ2) is 13.5. The molecule has 0 amide bonds. The van der Waals surface area contributed by atoms with E-state index in [0.29, 0.717) is 71.6 Å². The maximum Gasteiger partial charge on any atom is 0.320 e. The highest BCUT2D eigenvalue weighted by molar-refractivity contribution is 5.88. The van der Waals surface area contributed by atoms with Crippen LogP contribution >= 0.6 is 0 Å². The lowest BCUT2D eigenvalue weighted by molar-refractivity contribution is 0.249. The van der Waals surface area contributed by atoms with E-state index in [-0.39, 0.29) is 73.0 Å². The maximum absolute atomic E-state index is 11.1. The van der Waals surface area contributed by atoms with E-state index in [4.69, 9.17) is 34.2 Å². The minimum absolute atomic E-state index is 0.0535. The molecule has 18 heteroatoms. The number of anilines is 3. The van der Waals surface area contributed by atoms with Gasteiger partial charge in [-0.15, -0.1) is 0 Å².